The van der Waals surface area contributed by atoms with E-state index in [9.17, 15) is 4.79 Å². The summed E-state index contributed by atoms with van der Waals surface area (Å²) in [6.45, 7) is 7.05. The van der Waals surface area contributed by atoms with E-state index in [2.05, 4.69) is 35.8 Å². The first-order valence-corrected chi connectivity index (χ1v) is 14.9. The molecule has 0 atom stereocenters. The van der Waals surface area contributed by atoms with Crippen LogP contribution < -0.4 is 24.8 Å². The van der Waals surface area contributed by atoms with Crippen LogP contribution in [0.4, 0.5) is 10.0 Å². The Kier molecular flexibility index (Phi) is 9.85. The third-order valence-electron chi connectivity index (χ3n) is 6.75. The molecule has 4 aromatic heterocycles. The minimum Gasteiger partial charge on any atom is -0.497 e. The van der Waals surface area contributed by atoms with Gasteiger partial charge in [-0.25, -0.2) is 15.0 Å². The van der Waals surface area contributed by atoms with E-state index < -0.39 is 0 Å². The molecular weight excluding hydrogens is 576 g/mol. The first-order valence-electron chi connectivity index (χ1n) is 13.3. The van der Waals surface area contributed by atoms with Crippen LogP contribution in [-0.2, 0) is 16.1 Å². The summed E-state index contributed by atoms with van der Waals surface area (Å²) >= 11 is 3.17. The first-order chi connectivity index (χ1) is 20.2. The number of nitrogens with one attached hydrogen (secondary N) is 1. The van der Waals surface area contributed by atoms with Crippen LogP contribution >= 0.6 is 22.7 Å². The zero-order chi connectivity index (χ0) is 28.0. The van der Waals surface area contributed by atoms with E-state index >= 15 is 0 Å². The highest BCUT2D eigenvalue weighted by Gasteiger charge is 2.17. The molecule has 6 heterocycles. The third kappa shape index (κ3) is 6.81. The number of methoxy groups -OCH3 is 1. The van der Waals surface area contributed by atoms with Crippen molar-refractivity contribution < 1.29 is 18.9 Å². The zero-order valence-electron chi connectivity index (χ0n) is 22.6. The van der Waals surface area contributed by atoms with Crippen LogP contribution in [0.5, 0.6) is 11.6 Å². The quantitative estimate of drug-likeness (QED) is 0.293. The van der Waals surface area contributed by atoms with Crippen molar-refractivity contribution in [2.75, 3.05) is 69.5 Å². The minimum absolute atomic E-state index is 0. The fourth-order valence-electron chi connectivity index (χ4n) is 4.53. The van der Waals surface area contributed by atoms with Crippen LogP contribution in [0.15, 0.2) is 53.8 Å². The third-order valence-corrected chi connectivity index (χ3v) is 9.11. The molecule has 5 aromatic rings. The second-order valence-corrected chi connectivity index (χ2v) is 11.4. The zero-order valence-corrected chi connectivity index (χ0v) is 24.2. The molecule has 0 saturated carbocycles. The Labute approximate surface area is 251 Å². The summed E-state index contributed by atoms with van der Waals surface area (Å²) in [4.78, 5) is 31.5. The van der Waals surface area contributed by atoms with E-state index in [0.717, 1.165) is 84.7 Å². The molecule has 7 rings (SSSR count). The highest BCUT2D eigenvalue weighted by molar-refractivity contribution is 7.23. The van der Waals surface area contributed by atoms with Crippen molar-refractivity contribution in [1.29, 1.82) is 0 Å². The molecule has 0 radical (unpaired) electrons. The van der Waals surface area contributed by atoms with Crippen LogP contribution in [-0.4, -0.2) is 79.7 Å². The van der Waals surface area contributed by atoms with Crippen LogP contribution in [0.1, 0.15) is 13.0 Å². The second kappa shape index (κ2) is 13.9. The summed E-state index contributed by atoms with van der Waals surface area (Å²) in [5.74, 6) is 1.46. The molecule has 0 amide bonds. The van der Waals surface area contributed by atoms with Gasteiger partial charge in [-0.05, 0) is 29.8 Å². The Morgan fingerprint density at radius 1 is 0.857 bits per heavy atom. The summed E-state index contributed by atoms with van der Waals surface area (Å²) < 4.78 is 23.5. The van der Waals surface area contributed by atoms with Gasteiger partial charge in [0.05, 0.1) is 60.9 Å². The van der Waals surface area contributed by atoms with Crippen molar-refractivity contribution >= 4 is 53.1 Å². The number of ether oxygens (including phenoxy) is 4. The summed E-state index contributed by atoms with van der Waals surface area (Å²) in [6, 6.07) is 11.9. The summed E-state index contributed by atoms with van der Waals surface area (Å²) in [5, 5.41) is 2.29. The predicted octanol–water partition coefficient (Wildman–Crippen LogP) is 4.57. The molecular formula is C29H34N6O5S2. The van der Waals surface area contributed by atoms with Crippen LogP contribution in [0.2, 0.25) is 0 Å². The molecule has 222 valence electrons. The van der Waals surface area contributed by atoms with Gasteiger partial charge >= 0.3 is 0 Å². The number of aromatic nitrogens is 4. The molecule has 2 aliphatic heterocycles. The Hall–Kier alpha value is -3.78. The Balaban J connectivity index is 0.000000179. The number of benzene rings is 1. The van der Waals surface area contributed by atoms with Crippen molar-refractivity contribution in [3.63, 3.8) is 0 Å². The fraction of sp³-hybridized carbons (Fsp3) is 0.379. The second-order valence-electron chi connectivity index (χ2n) is 9.34. The van der Waals surface area contributed by atoms with Gasteiger partial charge in [-0.15, -0.1) is 22.7 Å². The molecule has 13 heteroatoms. The van der Waals surface area contributed by atoms with E-state index in [1.165, 1.54) is 22.7 Å². The molecule has 1 N–H and O–H groups in total. The number of aromatic amines is 1. The number of hydrogen-bond acceptors (Lipinski definition) is 12. The van der Waals surface area contributed by atoms with Gasteiger partial charge < -0.3 is 33.7 Å². The highest BCUT2D eigenvalue weighted by atomic mass is 32.1. The standard InChI is InChI=1S/C18H19N3O3S.C10H11N3O2S.CH4/c1-22-14-4-2-13(3-5-14)11-24-18-17-15(19-12-20-18)10-16(25-17)21-6-8-23-9-7-21;14-10-9-7(11-6-12-10)5-8(16-9)13-1-3-15-4-2-13;/h2-5,10,12H,6-9,11H2,1H3;5-6H,1-4H2,(H,11,12,14);1H4. The smallest absolute Gasteiger partial charge is 0.268 e. The van der Waals surface area contributed by atoms with Gasteiger partial charge in [-0.3, -0.25) is 4.79 Å². The number of anilines is 2. The molecule has 0 unspecified atom stereocenters. The monoisotopic (exact) mass is 610 g/mol. The Morgan fingerprint density at radius 2 is 1.45 bits per heavy atom. The molecule has 2 fully saturated rings. The van der Waals surface area contributed by atoms with Crippen molar-refractivity contribution in [2.24, 2.45) is 0 Å². The molecule has 0 bridgehead atoms. The number of rotatable bonds is 6. The first kappa shape index (κ1) is 29.7. The number of morpholine rings is 2. The normalized spacial score (nSPS) is 15.2. The maximum Gasteiger partial charge on any atom is 0.268 e. The summed E-state index contributed by atoms with van der Waals surface area (Å²) in [7, 11) is 1.66. The SMILES string of the molecule is C.COc1ccc(COc2ncnc3cc(N4CCOCC4)sc23)cc1.O=c1[nH]cnc2cc(N3CCOCC3)sc12. The van der Waals surface area contributed by atoms with E-state index in [1.807, 2.05) is 30.3 Å². The van der Waals surface area contributed by atoms with Gasteiger partial charge in [-0.2, -0.15) is 0 Å². The molecule has 0 spiro atoms. The molecule has 2 aliphatic rings. The largest absolute Gasteiger partial charge is 0.497 e. The molecule has 11 nitrogen and oxygen atoms in total. The van der Waals surface area contributed by atoms with Crippen molar-refractivity contribution in [1.82, 2.24) is 19.9 Å². The molecule has 2 saturated heterocycles. The number of H-pyrrole nitrogens is 1. The van der Waals surface area contributed by atoms with Crippen molar-refractivity contribution in [3.05, 3.63) is 65.0 Å². The van der Waals surface area contributed by atoms with E-state index in [4.69, 9.17) is 18.9 Å². The maximum absolute atomic E-state index is 11.5. The average Bonchev–Trinajstić information content (AvgIpc) is 3.68. The molecule has 1 aromatic carbocycles. The number of nitrogens with zero attached hydrogens (tertiary/aromatic N) is 5. The van der Waals surface area contributed by atoms with Gasteiger partial charge in [0.15, 0.2) is 0 Å². The van der Waals surface area contributed by atoms with Gasteiger partial charge in [0.2, 0.25) is 5.88 Å². The predicted molar refractivity (Wildman–Crippen MR) is 168 cm³/mol. The maximum atomic E-state index is 11.5. The molecule has 42 heavy (non-hydrogen) atoms. The van der Waals surface area contributed by atoms with Gasteiger partial charge in [0.1, 0.15) is 28.1 Å². The van der Waals surface area contributed by atoms with Gasteiger partial charge in [0, 0.05) is 26.2 Å². The van der Waals surface area contributed by atoms with Crippen LogP contribution in [0, 0.1) is 0 Å². The molecule has 0 aliphatic carbocycles. The average molecular weight is 611 g/mol. The van der Waals surface area contributed by atoms with Crippen LogP contribution in [0.3, 0.4) is 0 Å². The van der Waals surface area contributed by atoms with E-state index in [1.54, 1.807) is 24.8 Å². The minimum atomic E-state index is -0.0606. The van der Waals surface area contributed by atoms with E-state index in [-0.39, 0.29) is 13.0 Å². The highest BCUT2D eigenvalue weighted by Crippen LogP contribution is 2.36. The topological polar surface area (TPSA) is 115 Å². The van der Waals surface area contributed by atoms with Crippen molar-refractivity contribution in [2.45, 2.75) is 14.0 Å². The lowest BCUT2D eigenvalue weighted by molar-refractivity contribution is 0.123. The van der Waals surface area contributed by atoms with Crippen LogP contribution in [0.25, 0.3) is 20.4 Å². The van der Waals surface area contributed by atoms with Crippen molar-refractivity contribution in [3.8, 4) is 11.6 Å². The summed E-state index contributed by atoms with van der Waals surface area (Å²) in [5.41, 5.74) is 2.70. The lowest BCUT2D eigenvalue weighted by atomic mass is 10.2. The van der Waals surface area contributed by atoms with Gasteiger partial charge in [0.25, 0.3) is 5.56 Å². The fourth-order valence-corrected chi connectivity index (χ4v) is 6.69. The number of thiophene rings is 2. The number of hydrogen-bond donors (Lipinski definition) is 1. The van der Waals surface area contributed by atoms with E-state index in [0.29, 0.717) is 17.2 Å². The Bertz CT molecular complexity index is 1640. The Morgan fingerprint density at radius 3 is 2.05 bits per heavy atom. The lowest BCUT2D eigenvalue weighted by Crippen LogP contribution is -2.35. The van der Waals surface area contributed by atoms with Gasteiger partial charge in [-0.1, -0.05) is 19.6 Å². The number of fused-ring (bicyclic) bond motifs is 2. The summed E-state index contributed by atoms with van der Waals surface area (Å²) in [6.07, 6.45) is 3.00. The lowest BCUT2D eigenvalue weighted by Gasteiger charge is -2.27.